The van der Waals surface area contributed by atoms with E-state index in [0.717, 1.165) is 6.07 Å². The Morgan fingerprint density at radius 2 is 2.12 bits per heavy atom. The van der Waals surface area contributed by atoms with E-state index in [4.69, 9.17) is 10.3 Å². The van der Waals surface area contributed by atoms with Crippen LogP contribution in [0.3, 0.4) is 0 Å². The van der Waals surface area contributed by atoms with Crippen molar-refractivity contribution in [2.45, 2.75) is 19.9 Å². The van der Waals surface area contributed by atoms with Crippen LogP contribution in [0.25, 0.3) is 11.4 Å². The highest BCUT2D eigenvalue weighted by atomic mass is 19.2. The van der Waals surface area contributed by atoms with Crippen LogP contribution in [0.5, 0.6) is 0 Å². The van der Waals surface area contributed by atoms with Crippen LogP contribution >= 0.6 is 0 Å². The molecule has 90 valence electrons. The first-order valence-corrected chi connectivity index (χ1v) is 5.16. The van der Waals surface area contributed by atoms with Gasteiger partial charge in [-0.25, -0.2) is 8.78 Å². The third kappa shape index (κ3) is 2.16. The number of nitrogens with two attached hydrogens (primary N) is 1. The summed E-state index contributed by atoms with van der Waals surface area (Å²) >= 11 is 0. The summed E-state index contributed by atoms with van der Waals surface area (Å²) in [7, 11) is 0. The largest absolute Gasteiger partial charge is 0.338 e. The van der Waals surface area contributed by atoms with Gasteiger partial charge in [-0.05, 0) is 24.1 Å². The monoisotopic (exact) mass is 239 g/mol. The third-order valence-corrected chi connectivity index (χ3v) is 2.38. The normalized spacial score (nSPS) is 10.8. The zero-order chi connectivity index (χ0) is 12.4. The lowest BCUT2D eigenvalue weighted by Gasteiger charge is -2.02. The van der Waals surface area contributed by atoms with Crippen molar-refractivity contribution in [3.05, 3.63) is 35.2 Å². The SMILES string of the molecule is CCc1cc(F)c(F)c(-c2noc(CN)n2)c1. The van der Waals surface area contributed by atoms with Gasteiger partial charge < -0.3 is 10.3 Å². The highest BCUT2D eigenvalue weighted by Crippen LogP contribution is 2.24. The lowest BCUT2D eigenvalue weighted by atomic mass is 10.1. The summed E-state index contributed by atoms with van der Waals surface area (Å²) in [6.07, 6.45) is 0.589. The zero-order valence-corrected chi connectivity index (χ0v) is 9.20. The maximum atomic E-state index is 13.6. The van der Waals surface area contributed by atoms with E-state index in [-0.39, 0.29) is 23.8 Å². The second kappa shape index (κ2) is 4.58. The topological polar surface area (TPSA) is 64.9 Å². The van der Waals surface area contributed by atoms with Gasteiger partial charge in [-0.3, -0.25) is 0 Å². The maximum Gasteiger partial charge on any atom is 0.240 e. The Kier molecular flexibility index (Phi) is 3.14. The van der Waals surface area contributed by atoms with E-state index in [1.807, 2.05) is 6.92 Å². The van der Waals surface area contributed by atoms with Gasteiger partial charge in [0.1, 0.15) is 0 Å². The molecule has 0 radical (unpaired) electrons. The Labute approximate surface area is 96.4 Å². The van der Waals surface area contributed by atoms with Crippen molar-refractivity contribution in [3.63, 3.8) is 0 Å². The van der Waals surface area contributed by atoms with Gasteiger partial charge in [0, 0.05) is 0 Å². The molecule has 6 heteroatoms. The molecular formula is C11H11F2N3O. The first kappa shape index (κ1) is 11.7. The molecule has 2 aromatic rings. The minimum absolute atomic E-state index is 0.00898. The molecule has 4 nitrogen and oxygen atoms in total. The standard InChI is InChI=1S/C11H11F2N3O/c1-2-6-3-7(10(13)8(12)4-6)11-15-9(5-14)17-16-11/h3-4H,2,5,14H2,1H3. The smallest absolute Gasteiger partial charge is 0.240 e. The predicted molar refractivity (Wildman–Crippen MR) is 56.9 cm³/mol. The minimum Gasteiger partial charge on any atom is -0.338 e. The third-order valence-electron chi connectivity index (χ3n) is 2.38. The van der Waals surface area contributed by atoms with Gasteiger partial charge in [-0.15, -0.1) is 0 Å². The van der Waals surface area contributed by atoms with E-state index >= 15 is 0 Å². The van der Waals surface area contributed by atoms with Crippen molar-refractivity contribution in [3.8, 4) is 11.4 Å². The number of hydrogen-bond donors (Lipinski definition) is 1. The molecule has 0 fully saturated rings. The van der Waals surface area contributed by atoms with Gasteiger partial charge in [0.25, 0.3) is 0 Å². The first-order chi connectivity index (χ1) is 8.15. The number of aromatic nitrogens is 2. The van der Waals surface area contributed by atoms with Crippen LogP contribution in [-0.2, 0) is 13.0 Å². The number of rotatable bonds is 3. The zero-order valence-electron chi connectivity index (χ0n) is 9.20. The lowest BCUT2D eigenvalue weighted by Crippen LogP contribution is -1.97. The Bertz CT molecular complexity index is 540. The fourth-order valence-electron chi connectivity index (χ4n) is 1.46. The average Bonchev–Trinajstić information content (AvgIpc) is 2.81. The van der Waals surface area contributed by atoms with Crippen LogP contribution in [0.4, 0.5) is 8.78 Å². The number of halogens is 2. The Hall–Kier alpha value is -1.82. The van der Waals surface area contributed by atoms with Crippen LogP contribution < -0.4 is 5.73 Å². The van der Waals surface area contributed by atoms with Crippen LogP contribution in [0.15, 0.2) is 16.7 Å². The van der Waals surface area contributed by atoms with Crippen LogP contribution in [-0.4, -0.2) is 10.1 Å². The molecule has 1 heterocycles. The van der Waals surface area contributed by atoms with Crippen molar-refractivity contribution in [1.82, 2.24) is 10.1 Å². The predicted octanol–water partition coefficient (Wildman–Crippen LogP) is 2.04. The molecule has 2 N–H and O–H groups in total. The molecule has 0 aliphatic heterocycles. The van der Waals surface area contributed by atoms with Crippen molar-refractivity contribution in [2.24, 2.45) is 5.73 Å². The molecule has 1 aromatic carbocycles. The number of hydrogen-bond acceptors (Lipinski definition) is 4. The van der Waals surface area contributed by atoms with Crippen molar-refractivity contribution in [1.29, 1.82) is 0 Å². The second-order valence-corrected chi connectivity index (χ2v) is 3.51. The van der Waals surface area contributed by atoms with Crippen molar-refractivity contribution in [2.75, 3.05) is 0 Å². The van der Waals surface area contributed by atoms with Crippen molar-refractivity contribution >= 4 is 0 Å². The summed E-state index contributed by atoms with van der Waals surface area (Å²) in [6.45, 7) is 1.91. The van der Waals surface area contributed by atoms with E-state index < -0.39 is 11.6 Å². The first-order valence-electron chi connectivity index (χ1n) is 5.16. The van der Waals surface area contributed by atoms with Gasteiger partial charge in [0.15, 0.2) is 11.6 Å². The van der Waals surface area contributed by atoms with E-state index in [9.17, 15) is 8.78 Å². The van der Waals surface area contributed by atoms with E-state index in [1.54, 1.807) is 0 Å². The van der Waals surface area contributed by atoms with E-state index in [1.165, 1.54) is 6.07 Å². The Balaban J connectivity index is 2.53. The van der Waals surface area contributed by atoms with Crippen LogP contribution in [0.2, 0.25) is 0 Å². The number of benzene rings is 1. The lowest BCUT2D eigenvalue weighted by molar-refractivity contribution is 0.380. The molecule has 0 spiro atoms. The average molecular weight is 239 g/mol. The minimum atomic E-state index is -0.980. The molecule has 2 rings (SSSR count). The molecular weight excluding hydrogens is 228 g/mol. The number of nitrogens with zero attached hydrogens (tertiary/aromatic N) is 2. The van der Waals surface area contributed by atoms with Gasteiger partial charge in [0.2, 0.25) is 11.7 Å². The van der Waals surface area contributed by atoms with E-state index in [0.29, 0.717) is 12.0 Å². The van der Waals surface area contributed by atoms with Crippen LogP contribution in [0, 0.1) is 11.6 Å². The fourth-order valence-corrected chi connectivity index (χ4v) is 1.46. The van der Waals surface area contributed by atoms with Gasteiger partial charge in [0.05, 0.1) is 12.1 Å². The van der Waals surface area contributed by atoms with Gasteiger partial charge in [-0.2, -0.15) is 4.98 Å². The van der Waals surface area contributed by atoms with Crippen molar-refractivity contribution < 1.29 is 13.3 Å². The molecule has 0 unspecified atom stereocenters. The molecule has 1 aromatic heterocycles. The fraction of sp³-hybridized carbons (Fsp3) is 0.273. The summed E-state index contributed by atoms with van der Waals surface area (Å²) < 4.78 is 31.7. The maximum absolute atomic E-state index is 13.6. The summed E-state index contributed by atoms with van der Waals surface area (Å²) in [6, 6.07) is 2.66. The molecule has 0 bridgehead atoms. The number of aryl methyl sites for hydroxylation is 1. The highest BCUT2D eigenvalue weighted by molar-refractivity contribution is 5.56. The Morgan fingerprint density at radius 1 is 1.35 bits per heavy atom. The summed E-state index contributed by atoms with van der Waals surface area (Å²) in [5.74, 6) is -1.70. The summed E-state index contributed by atoms with van der Waals surface area (Å²) in [5, 5.41) is 3.56. The summed E-state index contributed by atoms with van der Waals surface area (Å²) in [4.78, 5) is 3.87. The quantitative estimate of drug-likeness (QED) is 0.890. The molecule has 0 saturated carbocycles. The molecule has 0 aliphatic carbocycles. The molecule has 0 atom stereocenters. The highest BCUT2D eigenvalue weighted by Gasteiger charge is 2.16. The Morgan fingerprint density at radius 3 is 2.71 bits per heavy atom. The molecule has 0 saturated heterocycles. The van der Waals surface area contributed by atoms with E-state index in [2.05, 4.69) is 10.1 Å². The van der Waals surface area contributed by atoms with Gasteiger partial charge >= 0.3 is 0 Å². The van der Waals surface area contributed by atoms with Gasteiger partial charge in [-0.1, -0.05) is 12.1 Å². The summed E-state index contributed by atoms with van der Waals surface area (Å²) in [5.41, 5.74) is 5.96. The molecule has 17 heavy (non-hydrogen) atoms. The second-order valence-electron chi connectivity index (χ2n) is 3.51. The van der Waals surface area contributed by atoms with Crippen LogP contribution in [0.1, 0.15) is 18.4 Å². The molecule has 0 amide bonds. The molecule has 0 aliphatic rings.